The predicted octanol–water partition coefficient (Wildman–Crippen LogP) is 12.7. The lowest BCUT2D eigenvalue weighted by molar-refractivity contribution is 0.360. The van der Waals surface area contributed by atoms with Crippen LogP contribution in [0.2, 0.25) is 0 Å². The van der Waals surface area contributed by atoms with E-state index >= 15 is 0 Å². The fourth-order valence-corrected chi connectivity index (χ4v) is 8.43. The molecule has 4 nitrogen and oxygen atoms in total. The van der Waals surface area contributed by atoms with Crippen LogP contribution in [0.4, 0.5) is 0 Å². The number of aromatic hydroxyl groups is 4. The van der Waals surface area contributed by atoms with Gasteiger partial charge in [0, 0.05) is 11.1 Å². The van der Waals surface area contributed by atoms with E-state index in [1.54, 1.807) is 0 Å². The Morgan fingerprint density at radius 3 is 1.45 bits per heavy atom. The van der Waals surface area contributed by atoms with E-state index in [1.807, 2.05) is 48.5 Å². The molecular formula is C49H32O4. The lowest BCUT2D eigenvalue weighted by Crippen LogP contribution is -1.93. The minimum absolute atomic E-state index is 0.0806. The number of hydrogen-bond donors (Lipinski definition) is 4. The maximum atomic E-state index is 11.3. The molecule has 0 bridgehead atoms. The van der Waals surface area contributed by atoms with Gasteiger partial charge in [0.1, 0.15) is 5.75 Å². The molecule has 0 atom stereocenters. The first-order chi connectivity index (χ1) is 25.9. The topological polar surface area (TPSA) is 80.9 Å². The van der Waals surface area contributed by atoms with Gasteiger partial charge in [-0.3, -0.25) is 0 Å². The number of rotatable bonds is 3. The molecule has 0 saturated carbocycles. The summed E-state index contributed by atoms with van der Waals surface area (Å²) in [5, 5.41) is 56.6. The van der Waals surface area contributed by atoms with Crippen molar-refractivity contribution in [1.29, 1.82) is 0 Å². The summed E-state index contributed by atoms with van der Waals surface area (Å²) in [7, 11) is 0. The summed E-state index contributed by atoms with van der Waals surface area (Å²) in [6.07, 6.45) is 0. The molecule has 0 aromatic heterocycles. The average molecular weight is 685 g/mol. The maximum Gasteiger partial charge on any atom is 0.201 e. The molecule has 53 heavy (non-hydrogen) atoms. The monoisotopic (exact) mass is 684 g/mol. The summed E-state index contributed by atoms with van der Waals surface area (Å²) in [6.45, 7) is 1.51. The van der Waals surface area contributed by atoms with Gasteiger partial charge in [0.15, 0.2) is 11.5 Å². The Balaban J connectivity index is 1.18. The summed E-state index contributed by atoms with van der Waals surface area (Å²) >= 11 is 0. The van der Waals surface area contributed by atoms with Crippen molar-refractivity contribution in [2.24, 2.45) is 0 Å². The van der Waals surface area contributed by atoms with E-state index in [0.29, 0.717) is 5.56 Å². The molecule has 0 unspecified atom stereocenters. The van der Waals surface area contributed by atoms with Crippen molar-refractivity contribution in [3.05, 3.63) is 157 Å². The first-order valence-corrected chi connectivity index (χ1v) is 17.7. The number of hydrogen-bond acceptors (Lipinski definition) is 4. The zero-order chi connectivity index (χ0) is 36.0. The highest BCUT2D eigenvalue weighted by Gasteiger charge is 2.26. The van der Waals surface area contributed by atoms with E-state index in [-0.39, 0.29) is 16.9 Å². The standard InChI is InChI=1S/C49H32O4/c1-27-46(50)45(48(52)49(53)47(27)51)44-39-16-8-6-14-37(39)43(38-15-7-9-17-40(38)44)32-21-19-29-24-31(20-18-30(29)25-32)41-26-42-33-11-3-2-10-28(33)22-23-36(42)34-12-4-5-13-35(34)41/h2-26,50-53H,1H3. The van der Waals surface area contributed by atoms with Crippen LogP contribution in [0.3, 0.4) is 0 Å². The zero-order valence-corrected chi connectivity index (χ0v) is 28.7. The Bertz CT molecular complexity index is 3090. The molecule has 0 aliphatic carbocycles. The molecule has 10 rings (SSSR count). The van der Waals surface area contributed by atoms with E-state index in [1.165, 1.54) is 44.8 Å². The largest absolute Gasteiger partial charge is 0.507 e. The second-order valence-corrected chi connectivity index (χ2v) is 13.9. The summed E-state index contributed by atoms with van der Waals surface area (Å²) in [5.41, 5.74) is 5.16. The average Bonchev–Trinajstić information content (AvgIpc) is 3.21. The fourth-order valence-electron chi connectivity index (χ4n) is 8.43. The van der Waals surface area contributed by atoms with Crippen LogP contribution in [0, 0.1) is 6.92 Å². The van der Waals surface area contributed by atoms with Gasteiger partial charge in [-0.1, -0.05) is 133 Å². The Hall–Kier alpha value is -7.04. The van der Waals surface area contributed by atoms with Crippen molar-refractivity contribution in [3.8, 4) is 56.4 Å². The third-order valence-corrected chi connectivity index (χ3v) is 11.0. The van der Waals surface area contributed by atoms with Gasteiger partial charge in [0.2, 0.25) is 5.75 Å². The number of phenols is 4. The van der Waals surface area contributed by atoms with Crippen LogP contribution in [0.1, 0.15) is 5.56 Å². The van der Waals surface area contributed by atoms with Gasteiger partial charge in [-0.25, -0.2) is 0 Å². The molecular weight excluding hydrogens is 653 g/mol. The van der Waals surface area contributed by atoms with E-state index in [4.69, 9.17) is 0 Å². The van der Waals surface area contributed by atoms with Gasteiger partial charge in [-0.2, -0.15) is 0 Å². The normalized spacial score (nSPS) is 11.8. The van der Waals surface area contributed by atoms with Crippen molar-refractivity contribution in [3.63, 3.8) is 0 Å². The first-order valence-electron chi connectivity index (χ1n) is 17.7. The molecule has 0 radical (unpaired) electrons. The molecule has 0 amide bonds. The van der Waals surface area contributed by atoms with Crippen LogP contribution in [0.25, 0.3) is 98.0 Å². The Morgan fingerprint density at radius 1 is 0.302 bits per heavy atom. The molecule has 0 aliphatic rings. The number of fused-ring (bicyclic) bond motifs is 8. The molecule has 10 aromatic carbocycles. The quantitative estimate of drug-likeness (QED) is 0.0646. The molecule has 10 aromatic rings. The van der Waals surface area contributed by atoms with Crippen LogP contribution < -0.4 is 0 Å². The molecule has 4 heteroatoms. The second-order valence-electron chi connectivity index (χ2n) is 13.9. The predicted molar refractivity (Wildman–Crippen MR) is 219 cm³/mol. The smallest absolute Gasteiger partial charge is 0.201 e. The number of phenolic OH excluding ortho intramolecular Hbond substituents is 4. The molecule has 252 valence electrons. The van der Waals surface area contributed by atoms with Gasteiger partial charge < -0.3 is 20.4 Å². The molecule has 0 saturated heterocycles. The maximum absolute atomic E-state index is 11.3. The fraction of sp³-hybridized carbons (Fsp3) is 0.0204. The Labute approximate surface area is 304 Å². The first kappa shape index (κ1) is 30.8. The van der Waals surface area contributed by atoms with Crippen LogP contribution in [-0.2, 0) is 0 Å². The summed E-state index contributed by atoms with van der Waals surface area (Å²) in [4.78, 5) is 0. The summed E-state index contributed by atoms with van der Waals surface area (Å²) in [5.74, 6) is -2.06. The van der Waals surface area contributed by atoms with Crippen molar-refractivity contribution >= 4 is 64.6 Å². The van der Waals surface area contributed by atoms with E-state index < -0.39 is 17.2 Å². The Kier molecular flexibility index (Phi) is 6.67. The Morgan fingerprint density at radius 2 is 0.792 bits per heavy atom. The highest BCUT2D eigenvalue weighted by molar-refractivity contribution is 6.24. The summed E-state index contributed by atoms with van der Waals surface area (Å²) in [6, 6.07) is 53.1. The lowest BCUT2D eigenvalue weighted by atomic mass is 9.84. The minimum atomic E-state index is -0.661. The van der Waals surface area contributed by atoms with Gasteiger partial charge in [-0.05, 0) is 112 Å². The zero-order valence-electron chi connectivity index (χ0n) is 28.7. The molecule has 0 spiro atoms. The van der Waals surface area contributed by atoms with Gasteiger partial charge in [0.25, 0.3) is 0 Å². The third-order valence-electron chi connectivity index (χ3n) is 11.0. The van der Waals surface area contributed by atoms with Crippen LogP contribution in [0.5, 0.6) is 23.0 Å². The second kappa shape index (κ2) is 11.5. The van der Waals surface area contributed by atoms with Gasteiger partial charge in [-0.15, -0.1) is 0 Å². The molecule has 0 fully saturated rings. The van der Waals surface area contributed by atoms with Crippen molar-refractivity contribution in [1.82, 2.24) is 0 Å². The van der Waals surface area contributed by atoms with E-state index in [2.05, 4.69) is 103 Å². The van der Waals surface area contributed by atoms with Crippen LogP contribution in [0.15, 0.2) is 152 Å². The van der Waals surface area contributed by atoms with E-state index in [0.717, 1.165) is 49.0 Å². The third kappa shape index (κ3) is 4.49. The van der Waals surface area contributed by atoms with Crippen molar-refractivity contribution in [2.45, 2.75) is 6.92 Å². The van der Waals surface area contributed by atoms with Crippen molar-refractivity contribution in [2.75, 3.05) is 0 Å². The van der Waals surface area contributed by atoms with Crippen LogP contribution in [-0.4, -0.2) is 20.4 Å². The van der Waals surface area contributed by atoms with Gasteiger partial charge >= 0.3 is 0 Å². The molecule has 4 N–H and O–H groups in total. The van der Waals surface area contributed by atoms with Crippen molar-refractivity contribution < 1.29 is 20.4 Å². The lowest BCUT2D eigenvalue weighted by Gasteiger charge is -2.20. The minimum Gasteiger partial charge on any atom is -0.507 e. The van der Waals surface area contributed by atoms with E-state index in [9.17, 15) is 20.4 Å². The highest BCUT2D eigenvalue weighted by Crippen LogP contribution is 2.55. The SMILES string of the molecule is Cc1c(O)c(O)c(O)c(-c2c3ccccc3c(-c3ccc4cc(-c5cc6c7ccccc7ccc6c6ccccc56)ccc4c3)c3ccccc23)c1O. The van der Waals surface area contributed by atoms with Crippen LogP contribution >= 0.6 is 0 Å². The summed E-state index contributed by atoms with van der Waals surface area (Å²) < 4.78 is 0. The molecule has 0 aliphatic heterocycles. The number of benzene rings is 10. The molecule has 0 heterocycles. The van der Waals surface area contributed by atoms with Gasteiger partial charge in [0.05, 0.1) is 5.56 Å². The highest BCUT2D eigenvalue weighted by atomic mass is 16.3.